The van der Waals surface area contributed by atoms with Gasteiger partial charge in [0.15, 0.2) is 0 Å². The molecule has 154 valence electrons. The summed E-state index contributed by atoms with van der Waals surface area (Å²) in [4.78, 5) is 12.2. The van der Waals surface area contributed by atoms with Crippen molar-refractivity contribution >= 4 is 39.8 Å². The number of nitrogens with one attached hydrogen (secondary N) is 2. The van der Waals surface area contributed by atoms with Crippen molar-refractivity contribution in [2.24, 2.45) is 0 Å². The minimum atomic E-state index is -4.63. The average molecular weight is 439 g/mol. The Morgan fingerprint density at radius 1 is 1.07 bits per heavy atom. The van der Waals surface area contributed by atoms with Gasteiger partial charge in [0.05, 0.1) is 22.9 Å². The number of ether oxygens (including phenoxy) is 2. The molecule has 0 aliphatic heterocycles. The summed E-state index contributed by atoms with van der Waals surface area (Å²) in [7, 11) is 0. The number of hydrogen-bond donors (Lipinski definition) is 2. The summed E-state index contributed by atoms with van der Waals surface area (Å²) in [6, 6.07) is 2.13. The number of amides is 2. The lowest BCUT2D eigenvalue weighted by Crippen LogP contribution is -2.20. The van der Waals surface area contributed by atoms with Crippen LogP contribution in [-0.2, 0) is 6.18 Å². The first kappa shape index (κ1) is 22.0. The number of halogens is 4. The Morgan fingerprint density at radius 3 is 2.21 bits per heavy atom. The van der Waals surface area contributed by atoms with Gasteiger partial charge in [0.2, 0.25) is 10.1 Å². The third-order valence-electron chi connectivity index (χ3n) is 2.90. The summed E-state index contributed by atoms with van der Waals surface area (Å²) in [5.41, 5.74) is 0.216. The van der Waals surface area contributed by atoms with Gasteiger partial charge in [0.1, 0.15) is 11.5 Å². The maximum Gasteiger partial charge on any atom is 0.445 e. The van der Waals surface area contributed by atoms with E-state index < -0.39 is 17.2 Å². The van der Waals surface area contributed by atoms with Crippen molar-refractivity contribution in [3.8, 4) is 11.5 Å². The number of alkyl halides is 3. The van der Waals surface area contributed by atoms with Crippen molar-refractivity contribution in [3.63, 3.8) is 0 Å². The molecule has 1 aromatic carbocycles. The number of urea groups is 1. The molecule has 0 radical (unpaired) electrons. The molecule has 0 aliphatic carbocycles. The molecule has 1 aromatic heterocycles. The number of anilines is 2. The van der Waals surface area contributed by atoms with Crippen LogP contribution in [0.1, 0.15) is 32.7 Å². The quantitative estimate of drug-likeness (QED) is 0.628. The van der Waals surface area contributed by atoms with Crippen molar-refractivity contribution in [2.45, 2.75) is 46.1 Å². The Balaban J connectivity index is 2.20. The number of carbonyl (C=O) groups is 1. The molecule has 0 fully saturated rings. The molecule has 2 amide bonds. The van der Waals surface area contributed by atoms with E-state index in [2.05, 4.69) is 20.8 Å². The van der Waals surface area contributed by atoms with Crippen LogP contribution >= 0.6 is 22.9 Å². The molecular formula is C16H18ClF3N4O3S. The molecule has 0 spiro atoms. The first-order valence-corrected chi connectivity index (χ1v) is 9.30. The SMILES string of the molecule is CC(C)Oc1cc(OC(C)C)c(NC(=O)Nc2nnc(C(F)(F)F)s2)cc1Cl. The van der Waals surface area contributed by atoms with E-state index in [4.69, 9.17) is 21.1 Å². The van der Waals surface area contributed by atoms with Crippen LogP contribution < -0.4 is 20.1 Å². The zero-order valence-corrected chi connectivity index (χ0v) is 16.9. The van der Waals surface area contributed by atoms with E-state index in [1.807, 2.05) is 13.8 Å². The lowest BCUT2D eigenvalue weighted by molar-refractivity contribution is -0.138. The van der Waals surface area contributed by atoms with Gasteiger partial charge in [0, 0.05) is 6.07 Å². The molecule has 2 N–H and O–H groups in total. The zero-order valence-electron chi connectivity index (χ0n) is 15.3. The molecular weight excluding hydrogens is 421 g/mol. The Hall–Kier alpha value is -2.27. The third-order valence-corrected chi connectivity index (χ3v) is 4.07. The molecule has 0 aliphatic rings. The van der Waals surface area contributed by atoms with Crippen LogP contribution in [0.3, 0.4) is 0 Å². The molecule has 0 saturated heterocycles. The second kappa shape index (κ2) is 8.82. The minimum absolute atomic E-state index is 0.133. The van der Waals surface area contributed by atoms with E-state index in [9.17, 15) is 18.0 Å². The standard InChI is InChI=1S/C16H18ClF3N4O3S/c1-7(2)26-11-6-12(27-8(3)4)10(5-9(11)17)21-14(25)22-15-24-23-13(28-15)16(18,19)20/h5-8H,1-4H3,(H2,21,22,24,25). The van der Waals surface area contributed by atoms with Crippen molar-refractivity contribution < 1.29 is 27.4 Å². The summed E-state index contributed by atoms with van der Waals surface area (Å²) >= 11 is 6.39. The predicted octanol–water partition coefficient (Wildman–Crippen LogP) is 5.43. The average Bonchev–Trinajstić information content (AvgIpc) is 2.99. The maximum atomic E-state index is 12.6. The number of nitrogens with zero attached hydrogens (tertiary/aromatic N) is 2. The number of aromatic nitrogens is 2. The van der Waals surface area contributed by atoms with Crippen LogP contribution in [0, 0.1) is 0 Å². The summed E-state index contributed by atoms with van der Waals surface area (Å²) in [6.07, 6.45) is -4.98. The summed E-state index contributed by atoms with van der Waals surface area (Å²) in [5.74, 6) is 0.663. The Bertz CT molecular complexity index is 843. The molecule has 7 nitrogen and oxygen atoms in total. The van der Waals surface area contributed by atoms with Crippen LogP contribution in [0.25, 0.3) is 0 Å². The van der Waals surface area contributed by atoms with Gasteiger partial charge >= 0.3 is 12.2 Å². The van der Waals surface area contributed by atoms with Gasteiger partial charge in [-0.15, -0.1) is 10.2 Å². The zero-order chi connectivity index (χ0) is 21.1. The first-order valence-electron chi connectivity index (χ1n) is 8.11. The first-order chi connectivity index (χ1) is 13.0. The van der Waals surface area contributed by atoms with Crippen LogP contribution in [0.4, 0.5) is 28.8 Å². The highest BCUT2D eigenvalue weighted by Gasteiger charge is 2.35. The molecule has 28 heavy (non-hydrogen) atoms. The predicted molar refractivity (Wildman–Crippen MR) is 101 cm³/mol. The number of benzene rings is 1. The fourth-order valence-electron chi connectivity index (χ4n) is 1.97. The van der Waals surface area contributed by atoms with Crippen molar-refractivity contribution in [2.75, 3.05) is 10.6 Å². The molecule has 0 atom stereocenters. The maximum absolute atomic E-state index is 12.6. The summed E-state index contributed by atoms with van der Waals surface area (Å²) < 4.78 is 49.0. The van der Waals surface area contributed by atoms with E-state index in [0.717, 1.165) is 0 Å². The Kier molecular flexibility index (Phi) is 6.94. The Labute approximate surface area is 168 Å². The molecule has 0 bridgehead atoms. The summed E-state index contributed by atoms with van der Waals surface area (Å²) in [6.45, 7) is 7.25. The van der Waals surface area contributed by atoms with Gasteiger partial charge < -0.3 is 14.8 Å². The van der Waals surface area contributed by atoms with E-state index in [0.29, 0.717) is 11.5 Å². The highest BCUT2D eigenvalue weighted by atomic mass is 35.5. The topological polar surface area (TPSA) is 85.4 Å². The highest BCUT2D eigenvalue weighted by Crippen LogP contribution is 2.38. The fraction of sp³-hybridized carbons (Fsp3) is 0.438. The largest absolute Gasteiger partial charge is 0.489 e. The van der Waals surface area contributed by atoms with Crippen molar-refractivity contribution in [3.05, 3.63) is 22.2 Å². The van der Waals surface area contributed by atoms with Crippen LogP contribution in [0.2, 0.25) is 5.02 Å². The smallest absolute Gasteiger partial charge is 0.445 e. The van der Waals surface area contributed by atoms with E-state index in [1.165, 1.54) is 12.1 Å². The Morgan fingerprint density at radius 2 is 1.68 bits per heavy atom. The van der Waals surface area contributed by atoms with Crippen molar-refractivity contribution in [1.82, 2.24) is 10.2 Å². The highest BCUT2D eigenvalue weighted by molar-refractivity contribution is 7.15. The number of carbonyl (C=O) groups excluding carboxylic acids is 1. The van der Waals surface area contributed by atoms with E-state index in [-0.39, 0.29) is 39.4 Å². The van der Waals surface area contributed by atoms with Gasteiger partial charge in [-0.2, -0.15) is 13.2 Å². The molecule has 2 rings (SSSR count). The second-order valence-electron chi connectivity index (χ2n) is 6.10. The molecule has 2 aromatic rings. The number of rotatable bonds is 6. The monoisotopic (exact) mass is 438 g/mol. The summed E-state index contributed by atoms with van der Waals surface area (Å²) in [5, 5.41) is 9.73. The minimum Gasteiger partial charge on any atom is -0.489 e. The van der Waals surface area contributed by atoms with E-state index in [1.54, 1.807) is 13.8 Å². The van der Waals surface area contributed by atoms with Gasteiger partial charge in [0.25, 0.3) is 0 Å². The van der Waals surface area contributed by atoms with Gasteiger partial charge in [-0.05, 0) is 33.8 Å². The van der Waals surface area contributed by atoms with E-state index >= 15 is 0 Å². The van der Waals surface area contributed by atoms with Gasteiger partial charge in [-0.25, -0.2) is 4.79 Å². The molecule has 12 heteroatoms. The van der Waals surface area contributed by atoms with Crippen LogP contribution in [0.5, 0.6) is 11.5 Å². The van der Waals surface area contributed by atoms with Crippen LogP contribution in [0.15, 0.2) is 12.1 Å². The second-order valence-corrected chi connectivity index (χ2v) is 7.49. The third kappa shape index (κ3) is 6.13. The molecule has 1 heterocycles. The van der Waals surface area contributed by atoms with Crippen LogP contribution in [-0.4, -0.2) is 28.4 Å². The number of hydrogen-bond acceptors (Lipinski definition) is 6. The fourth-order valence-corrected chi connectivity index (χ4v) is 2.78. The lowest BCUT2D eigenvalue weighted by atomic mass is 10.2. The van der Waals surface area contributed by atoms with Gasteiger partial charge in [-0.3, -0.25) is 5.32 Å². The molecule has 0 saturated carbocycles. The van der Waals surface area contributed by atoms with Gasteiger partial charge in [-0.1, -0.05) is 22.9 Å². The lowest BCUT2D eigenvalue weighted by Gasteiger charge is -2.18. The van der Waals surface area contributed by atoms with Crippen molar-refractivity contribution in [1.29, 1.82) is 0 Å². The normalized spacial score (nSPS) is 11.6. The molecule has 0 unspecified atom stereocenters.